The zero-order valence-electron chi connectivity index (χ0n) is 11.9. The Morgan fingerprint density at radius 2 is 2.10 bits per heavy atom. The Morgan fingerprint density at radius 3 is 2.80 bits per heavy atom. The van der Waals surface area contributed by atoms with Crippen molar-refractivity contribution < 1.29 is 0 Å². The number of hydrogen-bond acceptors (Lipinski definition) is 4. The number of hydrazine groups is 1. The fourth-order valence-corrected chi connectivity index (χ4v) is 3.14. The molecule has 0 bridgehead atoms. The lowest BCUT2D eigenvalue weighted by Crippen LogP contribution is -2.51. The zero-order valence-corrected chi connectivity index (χ0v) is 13.5. The van der Waals surface area contributed by atoms with E-state index in [-0.39, 0.29) is 6.04 Å². The van der Waals surface area contributed by atoms with Gasteiger partial charge in [0, 0.05) is 31.7 Å². The van der Waals surface area contributed by atoms with Crippen molar-refractivity contribution in [3.8, 4) is 0 Å². The number of halogens is 2. The number of nitrogens with one attached hydrogen (secondary N) is 1. The van der Waals surface area contributed by atoms with E-state index in [1.54, 1.807) is 6.07 Å². The molecular formula is C14H22Cl2N4. The number of hydrogen-bond donors (Lipinski definition) is 2. The van der Waals surface area contributed by atoms with Gasteiger partial charge in [-0.15, -0.1) is 0 Å². The van der Waals surface area contributed by atoms with Crippen molar-refractivity contribution in [2.24, 2.45) is 5.84 Å². The van der Waals surface area contributed by atoms with Crippen LogP contribution in [0.2, 0.25) is 10.0 Å². The van der Waals surface area contributed by atoms with Crippen LogP contribution in [0.15, 0.2) is 18.2 Å². The van der Waals surface area contributed by atoms with Crippen LogP contribution in [0.3, 0.4) is 0 Å². The molecule has 1 aliphatic heterocycles. The molecule has 0 saturated carbocycles. The smallest absolute Gasteiger partial charge is 0.0640 e. The molecule has 0 amide bonds. The second-order valence-electron chi connectivity index (χ2n) is 5.49. The fourth-order valence-electron chi connectivity index (χ4n) is 2.70. The molecular weight excluding hydrogens is 295 g/mol. The summed E-state index contributed by atoms with van der Waals surface area (Å²) in [5.74, 6) is 5.74. The van der Waals surface area contributed by atoms with Gasteiger partial charge in [0.15, 0.2) is 0 Å². The molecule has 3 N–H and O–H groups in total. The highest BCUT2D eigenvalue weighted by Gasteiger charge is 2.26. The molecule has 1 aromatic carbocycles. The number of likely N-dealkylation sites (N-methyl/N-ethyl adjacent to an activating group) is 2. The predicted octanol–water partition coefficient (Wildman–Crippen LogP) is 2.13. The number of piperazine rings is 1. The number of nitrogens with zero attached hydrogens (tertiary/aromatic N) is 2. The monoisotopic (exact) mass is 316 g/mol. The van der Waals surface area contributed by atoms with E-state index >= 15 is 0 Å². The van der Waals surface area contributed by atoms with Crippen molar-refractivity contribution in [3.05, 3.63) is 33.8 Å². The van der Waals surface area contributed by atoms with Crippen LogP contribution in [0.5, 0.6) is 0 Å². The van der Waals surface area contributed by atoms with Crippen molar-refractivity contribution in [1.82, 2.24) is 15.2 Å². The molecule has 4 nitrogen and oxygen atoms in total. The number of nitrogens with two attached hydrogens (primary N) is 1. The highest BCUT2D eigenvalue weighted by molar-refractivity contribution is 6.42. The third kappa shape index (κ3) is 3.64. The molecule has 1 fully saturated rings. The van der Waals surface area contributed by atoms with Crippen molar-refractivity contribution in [2.75, 3.05) is 33.7 Å². The Balaban J connectivity index is 2.14. The molecule has 2 unspecified atom stereocenters. The van der Waals surface area contributed by atoms with Gasteiger partial charge in [-0.05, 0) is 32.1 Å². The van der Waals surface area contributed by atoms with Crippen molar-refractivity contribution in [3.63, 3.8) is 0 Å². The van der Waals surface area contributed by atoms with E-state index in [1.165, 1.54) is 0 Å². The summed E-state index contributed by atoms with van der Waals surface area (Å²) in [4.78, 5) is 4.72. The number of benzene rings is 1. The minimum Gasteiger partial charge on any atom is -0.304 e. The maximum Gasteiger partial charge on any atom is 0.0640 e. The fraction of sp³-hybridized carbons (Fsp3) is 0.571. The van der Waals surface area contributed by atoms with E-state index < -0.39 is 0 Å². The van der Waals surface area contributed by atoms with Crippen LogP contribution >= 0.6 is 23.2 Å². The first-order valence-electron chi connectivity index (χ1n) is 6.81. The van der Waals surface area contributed by atoms with Crippen LogP contribution < -0.4 is 11.3 Å². The normalized spacial score (nSPS) is 22.9. The second-order valence-corrected chi connectivity index (χ2v) is 6.28. The van der Waals surface area contributed by atoms with Crippen LogP contribution in [-0.2, 0) is 0 Å². The summed E-state index contributed by atoms with van der Waals surface area (Å²) < 4.78 is 0. The molecule has 2 rings (SSSR count). The summed E-state index contributed by atoms with van der Waals surface area (Å²) in [6.45, 7) is 3.21. The Bertz CT molecular complexity index is 455. The minimum atomic E-state index is 0.000139. The van der Waals surface area contributed by atoms with Crippen LogP contribution in [0, 0.1) is 0 Å². The molecule has 0 radical (unpaired) electrons. The van der Waals surface area contributed by atoms with Gasteiger partial charge in [0.25, 0.3) is 0 Å². The first kappa shape index (κ1) is 16.0. The maximum atomic E-state index is 6.30. The topological polar surface area (TPSA) is 44.5 Å². The predicted molar refractivity (Wildman–Crippen MR) is 85.1 cm³/mol. The molecule has 20 heavy (non-hydrogen) atoms. The standard InChI is InChI=1S/C14H22Cl2N4/c1-19-6-7-20(2)10(9-19)8-13(18-17)11-4-3-5-12(15)14(11)16/h3-5,10,13,18H,6-9,17H2,1-2H3. The van der Waals surface area contributed by atoms with Gasteiger partial charge in [-0.2, -0.15) is 0 Å². The Morgan fingerprint density at radius 1 is 1.35 bits per heavy atom. The van der Waals surface area contributed by atoms with Crippen LogP contribution in [0.4, 0.5) is 0 Å². The summed E-state index contributed by atoms with van der Waals surface area (Å²) >= 11 is 12.4. The lowest BCUT2D eigenvalue weighted by molar-refractivity contribution is 0.101. The Hall–Kier alpha value is -0.360. The third-order valence-electron chi connectivity index (χ3n) is 4.05. The summed E-state index contributed by atoms with van der Waals surface area (Å²) in [7, 11) is 4.31. The number of rotatable bonds is 4. The van der Waals surface area contributed by atoms with Gasteiger partial charge >= 0.3 is 0 Å². The molecule has 0 spiro atoms. The van der Waals surface area contributed by atoms with E-state index in [2.05, 4.69) is 29.3 Å². The molecule has 112 valence electrons. The van der Waals surface area contributed by atoms with Crippen LogP contribution in [0.1, 0.15) is 18.0 Å². The average Bonchev–Trinajstić information content (AvgIpc) is 2.43. The second kappa shape index (κ2) is 7.07. The third-order valence-corrected chi connectivity index (χ3v) is 4.88. The Kier molecular flexibility index (Phi) is 5.66. The van der Waals surface area contributed by atoms with Crippen LogP contribution in [0.25, 0.3) is 0 Å². The molecule has 6 heteroatoms. The van der Waals surface area contributed by atoms with Crippen molar-refractivity contribution in [2.45, 2.75) is 18.5 Å². The molecule has 0 aromatic heterocycles. The quantitative estimate of drug-likeness (QED) is 0.660. The maximum absolute atomic E-state index is 6.30. The van der Waals surface area contributed by atoms with E-state index in [1.807, 2.05) is 12.1 Å². The van der Waals surface area contributed by atoms with Gasteiger partial charge in [-0.3, -0.25) is 11.3 Å². The average molecular weight is 317 g/mol. The van der Waals surface area contributed by atoms with Gasteiger partial charge in [0.2, 0.25) is 0 Å². The van der Waals surface area contributed by atoms with Gasteiger partial charge < -0.3 is 9.80 Å². The largest absolute Gasteiger partial charge is 0.304 e. The minimum absolute atomic E-state index is 0.000139. The summed E-state index contributed by atoms with van der Waals surface area (Å²) in [6.07, 6.45) is 0.900. The lowest BCUT2D eigenvalue weighted by atomic mass is 9.97. The summed E-state index contributed by atoms with van der Waals surface area (Å²) in [5.41, 5.74) is 3.84. The molecule has 2 atom stereocenters. The van der Waals surface area contributed by atoms with Gasteiger partial charge in [-0.1, -0.05) is 35.3 Å². The Labute approximate surface area is 130 Å². The van der Waals surface area contributed by atoms with E-state index in [0.717, 1.165) is 31.6 Å². The van der Waals surface area contributed by atoms with E-state index in [9.17, 15) is 0 Å². The molecule has 1 aliphatic rings. The van der Waals surface area contributed by atoms with Crippen molar-refractivity contribution >= 4 is 23.2 Å². The van der Waals surface area contributed by atoms with Crippen LogP contribution in [-0.4, -0.2) is 49.6 Å². The molecule has 1 saturated heterocycles. The molecule has 1 heterocycles. The van der Waals surface area contributed by atoms with Gasteiger partial charge in [0.1, 0.15) is 0 Å². The highest BCUT2D eigenvalue weighted by Crippen LogP contribution is 2.32. The van der Waals surface area contributed by atoms with Gasteiger partial charge in [0.05, 0.1) is 10.0 Å². The summed E-state index contributed by atoms with van der Waals surface area (Å²) in [5, 5.41) is 1.16. The first-order valence-corrected chi connectivity index (χ1v) is 7.57. The van der Waals surface area contributed by atoms with Crippen molar-refractivity contribution in [1.29, 1.82) is 0 Å². The van der Waals surface area contributed by atoms with E-state index in [0.29, 0.717) is 16.1 Å². The summed E-state index contributed by atoms with van der Waals surface area (Å²) in [6, 6.07) is 6.13. The SMILES string of the molecule is CN1CCN(C)C(CC(NN)c2cccc(Cl)c2Cl)C1. The van der Waals surface area contributed by atoms with E-state index in [4.69, 9.17) is 29.0 Å². The zero-order chi connectivity index (χ0) is 14.7. The molecule has 0 aliphatic carbocycles. The highest BCUT2D eigenvalue weighted by atomic mass is 35.5. The molecule has 1 aromatic rings. The van der Waals surface area contributed by atoms with Gasteiger partial charge in [-0.25, -0.2) is 0 Å². The lowest BCUT2D eigenvalue weighted by Gasteiger charge is -2.39. The first-order chi connectivity index (χ1) is 9.52.